The third-order valence-corrected chi connectivity index (χ3v) is 3.24. The number of hydrogen-bond donors (Lipinski definition) is 2. The minimum atomic E-state index is 0.248. The molecule has 0 bridgehead atoms. The highest BCUT2D eigenvalue weighted by Gasteiger charge is 2.35. The van der Waals surface area contributed by atoms with E-state index in [9.17, 15) is 0 Å². The molecule has 3 atom stereocenters. The molecule has 1 aromatic carbocycles. The molecule has 0 spiro atoms. The lowest BCUT2D eigenvalue weighted by molar-refractivity contribution is 0.520. The number of fused-ring (bicyclic) bond motifs is 3. The fraction of sp³-hybridized carbons (Fsp3) is 0.333. The van der Waals surface area contributed by atoms with Crippen LogP contribution in [0.15, 0.2) is 36.4 Å². The zero-order chi connectivity index (χ0) is 9.54. The van der Waals surface area contributed by atoms with Crippen LogP contribution in [0.25, 0.3) is 0 Å². The van der Waals surface area contributed by atoms with Crippen molar-refractivity contribution in [3.8, 4) is 0 Å². The van der Waals surface area contributed by atoms with E-state index >= 15 is 0 Å². The predicted octanol–water partition coefficient (Wildman–Crippen LogP) is 1.85. The molecule has 1 aliphatic heterocycles. The van der Waals surface area contributed by atoms with E-state index in [4.69, 9.17) is 5.73 Å². The van der Waals surface area contributed by atoms with E-state index in [-0.39, 0.29) is 6.04 Å². The van der Waals surface area contributed by atoms with Crippen molar-refractivity contribution in [2.24, 2.45) is 5.73 Å². The first-order valence-corrected chi connectivity index (χ1v) is 5.14. The topological polar surface area (TPSA) is 38.0 Å². The third-order valence-electron chi connectivity index (χ3n) is 3.24. The third kappa shape index (κ3) is 1.01. The molecule has 14 heavy (non-hydrogen) atoms. The van der Waals surface area contributed by atoms with E-state index in [2.05, 4.69) is 41.7 Å². The minimum Gasteiger partial charge on any atom is -0.380 e. The maximum atomic E-state index is 6.09. The Morgan fingerprint density at radius 3 is 3.07 bits per heavy atom. The van der Waals surface area contributed by atoms with E-state index in [1.54, 1.807) is 0 Å². The molecule has 2 nitrogen and oxygen atoms in total. The van der Waals surface area contributed by atoms with Gasteiger partial charge in [-0.25, -0.2) is 0 Å². The summed E-state index contributed by atoms with van der Waals surface area (Å²) >= 11 is 0. The quantitative estimate of drug-likeness (QED) is 0.607. The zero-order valence-electron chi connectivity index (χ0n) is 7.98. The van der Waals surface area contributed by atoms with Gasteiger partial charge in [0.1, 0.15) is 0 Å². The summed E-state index contributed by atoms with van der Waals surface area (Å²) in [7, 11) is 0. The number of para-hydroxylation sites is 1. The van der Waals surface area contributed by atoms with Crippen molar-refractivity contribution in [2.45, 2.75) is 24.4 Å². The summed E-state index contributed by atoms with van der Waals surface area (Å²) in [6.45, 7) is 0. The molecule has 1 aromatic rings. The fourth-order valence-corrected chi connectivity index (χ4v) is 2.51. The summed E-state index contributed by atoms with van der Waals surface area (Å²) in [5.41, 5.74) is 8.73. The molecule has 1 aliphatic carbocycles. The first-order valence-electron chi connectivity index (χ1n) is 5.14. The average molecular weight is 186 g/mol. The van der Waals surface area contributed by atoms with Gasteiger partial charge in [0, 0.05) is 17.6 Å². The van der Waals surface area contributed by atoms with Crippen molar-refractivity contribution in [3.05, 3.63) is 42.0 Å². The van der Waals surface area contributed by atoms with E-state index in [1.165, 1.54) is 11.3 Å². The summed E-state index contributed by atoms with van der Waals surface area (Å²) in [6.07, 6.45) is 5.48. The molecule has 0 saturated carbocycles. The maximum Gasteiger partial charge on any atom is 0.0519 e. The summed E-state index contributed by atoms with van der Waals surface area (Å²) in [5.74, 6) is 0.481. The van der Waals surface area contributed by atoms with Crippen LogP contribution in [-0.4, -0.2) is 12.1 Å². The SMILES string of the molecule is NC1CC=CC2c3ccccc3NC12. The highest BCUT2D eigenvalue weighted by atomic mass is 15.0. The van der Waals surface area contributed by atoms with Gasteiger partial charge in [-0.1, -0.05) is 30.4 Å². The van der Waals surface area contributed by atoms with Crippen LogP contribution in [-0.2, 0) is 0 Å². The van der Waals surface area contributed by atoms with Crippen LogP contribution < -0.4 is 11.1 Å². The molecule has 0 radical (unpaired) electrons. The van der Waals surface area contributed by atoms with E-state index in [0.717, 1.165) is 6.42 Å². The molecular formula is C12H14N2. The number of rotatable bonds is 0. The fourth-order valence-electron chi connectivity index (χ4n) is 2.51. The van der Waals surface area contributed by atoms with Crippen molar-refractivity contribution in [1.82, 2.24) is 0 Å². The van der Waals surface area contributed by atoms with E-state index in [1.807, 2.05) is 0 Å². The lowest BCUT2D eigenvalue weighted by atomic mass is 9.85. The van der Waals surface area contributed by atoms with E-state index < -0.39 is 0 Å². The lowest BCUT2D eigenvalue weighted by Crippen LogP contribution is -2.42. The Bertz CT molecular complexity index is 384. The second-order valence-corrected chi connectivity index (χ2v) is 4.11. The van der Waals surface area contributed by atoms with Gasteiger partial charge in [-0.05, 0) is 18.1 Å². The average Bonchev–Trinajstić information content (AvgIpc) is 2.59. The summed E-state index contributed by atoms with van der Waals surface area (Å²) in [5, 5.41) is 3.51. The summed E-state index contributed by atoms with van der Waals surface area (Å²) < 4.78 is 0. The Balaban J connectivity index is 2.07. The molecule has 72 valence electrons. The van der Waals surface area contributed by atoms with Crippen LogP contribution in [0.5, 0.6) is 0 Å². The van der Waals surface area contributed by atoms with Crippen LogP contribution in [0.1, 0.15) is 17.9 Å². The highest BCUT2D eigenvalue weighted by molar-refractivity contribution is 5.61. The summed E-state index contributed by atoms with van der Waals surface area (Å²) in [4.78, 5) is 0. The van der Waals surface area contributed by atoms with Gasteiger partial charge in [0.2, 0.25) is 0 Å². The number of nitrogens with two attached hydrogens (primary N) is 1. The van der Waals surface area contributed by atoms with Crippen LogP contribution in [0.2, 0.25) is 0 Å². The molecule has 2 aliphatic rings. The first kappa shape index (κ1) is 8.06. The molecule has 0 aromatic heterocycles. The molecule has 0 saturated heterocycles. The molecule has 2 heteroatoms. The van der Waals surface area contributed by atoms with Gasteiger partial charge in [-0.15, -0.1) is 0 Å². The van der Waals surface area contributed by atoms with Gasteiger partial charge in [0.05, 0.1) is 6.04 Å². The Labute approximate surface area is 83.8 Å². The van der Waals surface area contributed by atoms with Crippen LogP contribution in [0.3, 0.4) is 0 Å². The standard InChI is InChI=1S/C12H14N2/c13-10-6-3-5-9-8-4-1-2-7-11(8)14-12(9)10/h1-5,7,9-10,12,14H,6,13H2. The maximum absolute atomic E-state index is 6.09. The van der Waals surface area contributed by atoms with Crippen LogP contribution in [0.4, 0.5) is 5.69 Å². The van der Waals surface area contributed by atoms with Gasteiger partial charge < -0.3 is 11.1 Å². The lowest BCUT2D eigenvalue weighted by Gasteiger charge is -2.27. The number of hydrogen-bond acceptors (Lipinski definition) is 2. The number of anilines is 1. The monoisotopic (exact) mass is 186 g/mol. The number of nitrogens with one attached hydrogen (secondary N) is 1. The summed E-state index contributed by atoms with van der Waals surface area (Å²) in [6, 6.07) is 9.13. The molecule has 0 fully saturated rings. The predicted molar refractivity (Wildman–Crippen MR) is 58.3 cm³/mol. The van der Waals surface area contributed by atoms with Crippen LogP contribution in [0, 0.1) is 0 Å². The van der Waals surface area contributed by atoms with Gasteiger partial charge in [-0.3, -0.25) is 0 Å². The molecule has 1 heterocycles. The molecular weight excluding hydrogens is 172 g/mol. The van der Waals surface area contributed by atoms with Gasteiger partial charge >= 0.3 is 0 Å². The first-order chi connectivity index (χ1) is 6.86. The largest absolute Gasteiger partial charge is 0.380 e. The van der Waals surface area contributed by atoms with Crippen molar-refractivity contribution in [1.29, 1.82) is 0 Å². The van der Waals surface area contributed by atoms with Crippen molar-refractivity contribution >= 4 is 5.69 Å². The molecule has 3 N–H and O–H groups in total. The molecule has 3 unspecified atom stereocenters. The van der Waals surface area contributed by atoms with Crippen LogP contribution >= 0.6 is 0 Å². The minimum absolute atomic E-state index is 0.248. The molecule has 0 amide bonds. The van der Waals surface area contributed by atoms with Crippen molar-refractivity contribution in [2.75, 3.05) is 5.32 Å². The Kier molecular flexibility index (Phi) is 1.64. The van der Waals surface area contributed by atoms with Gasteiger partial charge in [0.15, 0.2) is 0 Å². The smallest absolute Gasteiger partial charge is 0.0519 e. The van der Waals surface area contributed by atoms with Gasteiger partial charge in [0.25, 0.3) is 0 Å². The Hall–Kier alpha value is -1.28. The van der Waals surface area contributed by atoms with E-state index in [0.29, 0.717) is 12.0 Å². The molecule has 3 rings (SSSR count). The van der Waals surface area contributed by atoms with Gasteiger partial charge in [-0.2, -0.15) is 0 Å². The Morgan fingerprint density at radius 2 is 2.14 bits per heavy atom. The van der Waals surface area contributed by atoms with Crippen molar-refractivity contribution < 1.29 is 0 Å². The second kappa shape index (κ2) is 2.85. The zero-order valence-corrected chi connectivity index (χ0v) is 7.98. The second-order valence-electron chi connectivity index (χ2n) is 4.11. The van der Waals surface area contributed by atoms with Crippen molar-refractivity contribution in [3.63, 3.8) is 0 Å². The highest BCUT2D eigenvalue weighted by Crippen LogP contribution is 2.39. The normalized spacial score (nSPS) is 33.4. The Morgan fingerprint density at radius 1 is 1.29 bits per heavy atom. The number of benzene rings is 1.